The largest absolute Gasteiger partial charge is 0.478 e. The molecule has 1 aliphatic heterocycles. The first-order valence-corrected chi connectivity index (χ1v) is 7.39. The molecular weight excluding hydrogens is 375 g/mol. The van der Waals surface area contributed by atoms with Crippen LogP contribution < -0.4 is 0 Å². The molecule has 1 aliphatic rings. The molecule has 0 saturated carbocycles. The summed E-state index contributed by atoms with van der Waals surface area (Å²) < 4.78 is 39.4. The number of fused-ring (bicyclic) bond motifs is 1. The molecule has 10 nitrogen and oxygen atoms in total. The van der Waals surface area contributed by atoms with Crippen LogP contribution in [0.15, 0.2) is 18.2 Å². The van der Waals surface area contributed by atoms with Crippen molar-refractivity contribution in [3.63, 3.8) is 0 Å². The Kier molecular flexibility index (Phi) is 4.29. The average Bonchev–Trinajstić information content (AvgIpc) is 3.04. The van der Waals surface area contributed by atoms with Gasteiger partial charge in [0.1, 0.15) is 0 Å². The number of halogens is 3. The van der Waals surface area contributed by atoms with Crippen molar-refractivity contribution in [1.29, 1.82) is 0 Å². The molecule has 0 fully saturated rings. The number of non-ortho nitro benzene ring substituents is 1. The van der Waals surface area contributed by atoms with E-state index in [9.17, 15) is 32.9 Å². The van der Waals surface area contributed by atoms with Crippen molar-refractivity contribution in [2.45, 2.75) is 19.3 Å². The van der Waals surface area contributed by atoms with Crippen LogP contribution in [-0.4, -0.2) is 48.1 Å². The van der Waals surface area contributed by atoms with Crippen molar-refractivity contribution in [2.24, 2.45) is 0 Å². The lowest BCUT2D eigenvalue weighted by atomic mass is 10.1. The molecule has 0 atom stereocenters. The number of nitro benzene ring substituents is 1. The smallest absolute Gasteiger partial charge is 0.451 e. The molecule has 1 amide bonds. The first-order valence-electron chi connectivity index (χ1n) is 7.39. The van der Waals surface area contributed by atoms with Crippen LogP contribution in [-0.2, 0) is 19.3 Å². The number of alkyl halides is 3. The molecule has 1 aromatic heterocycles. The first-order chi connectivity index (χ1) is 12.6. The predicted octanol–water partition coefficient (Wildman–Crippen LogP) is 1.56. The van der Waals surface area contributed by atoms with Gasteiger partial charge in [0, 0.05) is 30.8 Å². The summed E-state index contributed by atoms with van der Waals surface area (Å²) in [6.07, 6.45) is -4.69. The number of hydrogen-bond donors (Lipinski definition) is 1. The SMILES string of the molecule is O=C(O)c1cc(C(=O)N2CCn3c(nnc3C(F)(F)F)C2)cc([N+](=O)[O-])c1. The molecule has 13 heteroatoms. The van der Waals surface area contributed by atoms with Gasteiger partial charge in [-0.15, -0.1) is 10.2 Å². The molecule has 0 bridgehead atoms. The maximum absolute atomic E-state index is 12.8. The zero-order chi connectivity index (χ0) is 19.9. The van der Waals surface area contributed by atoms with Crippen molar-refractivity contribution in [3.8, 4) is 0 Å². The van der Waals surface area contributed by atoms with Gasteiger partial charge in [-0.3, -0.25) is 14.9 Å². The number of carboxylic acid groups (broad SMARTS) is 1. The van der Waals surface area contributed by atoms with Gasteiger partial charge in [0.25, 0.3) is 11.6 Å². The fourth-order valence-electron chi connectivity index (χ4n) is 2.69. The number of nitro groups is 1. The monoisotopic (exact) mass is 385 g/mol. The number of hydrogen-bond acceptors (Lipinski definition) is 6. The van der Waals surface area contributed by atoms with Crippen LogP contribution in [0.4, 0.5) is 18.9 Å². The van der Waals surface area contributed by atoms with E-state index in [1.54, 1.807) is 0 Å². The van der Waals surface area contributed by atoms with Gasteiger partial charge in [0.2, 0.25) is 5.82 Å². The van der Waals surface area contributed by atoms with Gasteiger partial charge in [-0.25, -0.2) is 4.79 Å². The summed E-state index contributed by atoms with van der Waals surface area (Å²) in [5.74, 6) is -3.48. The molecule has 1 aromatic carbocycles. The lowest BCUT2D eigenvalue weighted by molar-refractivity contribution is -0.384. The minimum Gasteiger partial charge on any atom is -0.478 e. The molecule has 27 heavy (non-hydrogen) atoms. The topological polar surface area (TPSA) is 131 Å². The molecule has 142 valence electrons. The Morgan fingerprint density at radius 1 is 1.15 bits per heavy atom. The number of carbonyl (C=O) groups is 2. The van der Waals surface area contributed by atoms with E-state index in [-0.39, 0.29) is 31.0 Å². The van der Waals surface area contributed by atoms with E-state index in [1.807, 2.05) is 0 Å². The number of carboxylic acids is 1. The fourth-order valence-corrected chi connectivity index (χ4v) is 2.69. The highest BCUT2D eigenvalue weighted by Crippen LogP contribution is 2.30. The second-order valence-electron chi connectivity index (χ2n) is 5.65. The van der Waals surface area contributed by atoms with Crippen molar-refractivity contribution in [1.82, 2.24) is 19.7 Å². The Morgan fingerprint density at radius 2 is 1.81 bits per heavy atom. The first kappa shape index (κ1) is 18.3. The van der Waals surface area contributed by atoms with E-state index < -0.39 is 40.1 Å². The molecule has 0 unspecified atom stereocenters. The maximum atomic E-state index is 12.8. The van der Waals surface area contributed by atoms with Gasteiger partial charge in [-0.05, 0) is 6.07 Å². The molecule has 1 N–H and O–H groups in total. The summed E-state index contributed by atoms with van der Waals surface area (Å²) in [5.41, 5.74) is -1.30. The quantitative estimate of drug-likeness (QED) is 0.626. The van der Waals surface area contributed by atoms with E-state index in [4.69, 9.17) is 5.11 Å². The Balaban J connectivity index is 1.91. The van der Waals surface area contributed by atoms with Crippen LogP contribution in [0.25, 0.3) is 0 Å². The summed E-state index contributed by atoms with van der Waals surface area (Å²) in [7, 11) is 0. The van der Waals surface area contributed by atoms with Crippen molar-refractivity contribution < 1.29 is 32.8 Å². The minimum absolute atomic E-state index is 0.0918. The number of benzene rings is 1. The third kappa shape index (κ3) is 3.43. The standard InChI is InChI=1S/C14H10F3N5O5/c15-14(16,17)13-19-18-10-6-20(1-2-21(10)13)11(23)7-3-8(12(24)25)5-9(4-7)22(26)27/h3-5H,1-2,6H2,(H,24,25). The van der Waals surface area contributed by atoms with Gasteiger partial charge in [0.05, 0.1) is 17.0 Å². The Hall–Kier alpha value is -3.51. The average molecular weight is 385 g/mol. The van der Waals surface area contributed by atoms with Gasteiger partial charge in [-0.2, -0.15) is 13.2 Å². The van der Waals surface area contributed by atoms with E-state index >= 15 is 0 Å². The van der Waals surface area contributed by atoms with Crippen molar-refractivity contribution in [3.05, 3.63) is 51.1 Å². The fraction of sp³-hybridized carbons (Fsp3) is 0.286. The van der Waals surface area contributed by atoms with Crippen molar-refractivity contribution >= 4 is 17.6 Å². The van der Waals surface area contributed by atoms with Gasteiger partial charge in [0.15, 0.2) is 5.82 Å². The number of amides is 1. The zero-order valence-electron chi connectivity index (χ0n) is 13.3. The summed E-state index contributed by atoms with van der Waals surface area (Å²) in [6.45, 7) is -0.644. The number of carbonyl (C=O) groups excluding carboxylic acids is 1. The summed E-state index contributed by atoms with van der Waals surface area (Å²) in [6, 6.07) is 2.69. The molecular formula is C14H10F3N5O5. The highest BCUT2D eigenvalue weighted by Gasteiger charge is 2.40. The Bertz CT molecular complexity index is 923. The third-order valence-corrected chi connectivity index (χ3v) is 3.92. The van der Waals surface area contributed by atoms with Gasteiger partial charge in [-0.1, -0.05) is 0 Å². The second-order valence-corrected chi connectivity index (χ2v) is 5.65. The van der Waals surface area contributed by atoms with Crippen LogP contribution in [0.1, 0.15) is 32.4 Å². The normalized spacial score (nSPS) is 14.0. The summed E-state index contributed by atoms with van der Waals surface area (Å²) >= 11 is 0. The van der Waals surface area contributed by atoms with E-state index in [0.29, 0.717) is 0 Å². The van der Waals surface area contributed by atoms with Crippen LogP contribution in [0.5, 0.6) is 0 Å². The van der Waals surface area contributed by atoms with E-state index in [2.05, 4.69) is 10.2 Å². The van der Waals surface area contributed by atoms with Crippen molar-refractivity contribution in [2.75, 3.05) is 6.54 Å². The molecule has 0 radical (unpaired) electrons. The summed E-state index contributed by atoms with van der Waals surface area (Å²) in [5, 5.41) is 26.5. The van der Waals surface area contributed by atoms with Crippen LogP contribution in [0, 0.1) is 10.1 Å². The molecule has 0 aliphatic carbocycles. The lowest BCUT2D eigenvalue weighted by Crippen LogP contribution is -2.39. The molecule has 0 spiro atoms. The highest BCUT2D eigenvalue weighted by molar-refractivity contribution is 5.98. The van der Waals surface area contributed by atoms with Gasteiger partial charge >= 0.3 is 12.1 Å². The molecule has 2 heterocycles. The Morgan fingerprint density at radius 3 is 2.41 bits per heavy atom. The maximum Gasteiger partial charge on any atom is 0.451 e. The minimum atomic E-state index is -4.69. The molecule has 2 aromatic rings. The second kappa shape index (κ2) is 6.34. The van der Waals surface area contributed by atoms with E-state index in [0.717, 1.165) is 27.7 Å². The number of aromatic nitrogens is 3. The van der Waals surface area contributed by atoms with E-state index in [1.165, 1.54) is 0 Å². The van der Waals surface area contributed by atoms with Crippen LogP contribution in [0.3, 0.4) is 0 Å². The predicted molar refractivity (Wildman–Crippen MR) is 79.8 cm³/mol. The van der Waals surface area contributed by atoms with Crippen LogP contribution in [0.2, 0.25) is 0 Å². The number of rotatable bonds is 3. The van der Waals surface area contributed by atoms with Gasteiger partial charge < -0.3 is 14.6 Å². The van der Waals surface area contributed by atoms with Crippen LogP contribution >= 0.6 is 0 Å². The zero-order valence-corrected chi connectivity index (χ0v) is 13.3. The highest BCUT2D eigenvalue weighted by atomic mass is 19.4. The summed E-state index contributed by atoms with van der Waals surface area (Å²) in [4.78, 5) is 34.9. The Labute approximate surface area is 148 Å². The lowest BCUT2D eigenvalue weighted by Gasteiger charge is -2.28. The number of nitrogens with zero attached hydrogens (tertiary/aromatic N) is 5. The third-order valence-electron chi connectivity index (χ3n) is 3.92. The molecule has 0 saturated heterocycles. The molecule has 3 rings (SSSR count). The number of aromatic carboxylic acids is 1.